The van der Waals surface area contributed by atoms with Gasteiger partial charge in [0.05, 0.1) is 22.2 Å². The predicted octanol–water partition coefficient (Wildman–Crippen LogP) is 15.3. The summed E-state index contributed by atoms with van der Waals surface area (Å²) in [6, 6.07) is 68.5. The first-order valence-corrected chi connectivity index (χ1v) is 20.5. The molecule has 3 nitrogen and oxygen atoms in total. The number of fused-ring (bicyclic) bond motifs is 17. The first kappa shape index (κ1) is 33.0. The summed E-state index contributed by atoms with van der Waals surface area (Å²) >= 11 is 0. The summed E-state index contributed by atoms with van der Waals surface area (Å²) in [5, 5.41) is 18.1. The molecule has 276 valence electrons. The second-order valence-corrected chi connectivity index (χ2v) is 15.9. The molecule has 0 unspecified atom stereocenters. The van der Waals surface area contributed by atoms with E-state index in [4.69, 9.17) is 15.0 Å². The monoisotopic (exact) mass is 759 g/mol. The van der Waals surface area contributed by atoms with Crippen LogP contribution in [0.15, 0.2) is 200 Å². The van der Waals surface area contributed by atoms with Gasteiger partial charge >= 0.3 is 0 Å². The minimum Gasteiger partial charge on any atom is -0.254 e. The van der Waals surface area contributed by atoms with Crippen LogP contribution in [-0.2, 0) is 0 Å². The van der Waals surface area contributed by atoms with Crippen LogP contribution >= 0.6 is 0 Å². The van der Waals surface area contributed by atoms with Gasteiger partial charge in [-0.3, -0.25) is 9.97 Å². The molecule has 0 aliphatic heterocycles. The van der Waals surface area contributed by atoms with Gasteiger partial charge in [0, 0.05) is 44.9 Å². The molecule has 0 amide bonds. The van der Waals surface area contributed by atoms with Crippen molar-refractivity contribution < 1.29 is 0 Å². The summed E-state index contributed by atoms with van der Waals surface area (Å²) < 4.78 is 0. The van der Waals surface area contributed by atoms with Crippen molar-refractivity contribution in [1.29, 1.82) is 0 Å². The molecule has 0 radical (unpaired) electrons. The molecule has 13 aromatic rings. The van der Waals surface area contributed by atoms with E-state index in [2.05, 4.69) is 176 Å². The zero-order chi connectivity index (χ0) is 39.3. The van der Waals surface area contributed by atoms with Crippen molar-refractivity contribution in [3.63, 3.8) is 0 Å². The molecule has 10 aromatic carbocycles. The van der Waals surface area contributed by atoms with Gasteiger partial charge in [-0.1, -0.05) is 152 Å². The lowest BCUT2D eigenvalue weighted by molar-refractivity contribution is 1.37. The Labute approximate surface area is 344 Å². The van der Waals surface area contributed by atoms with Crippen LogP contribution in [0.5, 0.6) is 0 Å². The molecule has 0 saturated heterocycles. The number of nitrogens with zero attached hydrogens (tertiary/aromatic N) is 3. The van der Waals surface area contributed by atoms with Gasteiger partial charge in [0.15, 0.2) is 0 Å². The van der Waals surface area contributed by atoms with Gasteiger partial charge in [-0.05, 0) is 113 Å². The molecule has 0 fully saturated rings. The van der Waals surface area contributed by atoms with Crippen LogP contribution in [-0.4, -0.2) is 15.0 Å². The van der Waals surface area contributed by atoms with Gasteiger partial charge in [-0.25, -0.2) is 4.98 Å². The molecule has 0 spiro atoms. The van der Waals surface area contributed by atoms with E-state index in [-0.39, 0.29) is 0 Å². The normalized spacial score (nSPS) is 12.0. The van der Waals surface area contributed by atoms with Gasteiger partial charge < -0.3 is 0 Å². The molecule has 0 aliphatic carbocycles. The van der Waals surface area contributed by atoms with Crippen molar-refractivity contribution in [2.45, 2.75) is 0 Å². The third-order valence-corrected chi connectivity index (χ3v) is 12.7. The summed E-state index contributed by atoms with van der Waals surface area (Å²) in [6.45, 7) is 0. The van der Waals surface area contributed by atoms with Crippen LogP contribution < -0.4 is 0 Å². The van der Waals surface area contributed by atoms with Crippen LogP contribution in [0.25, 0.3) is 131 Å². The van der Waals surface area contributed by atoms with E-state index in [0.29, 0.717) is 0 Å². The number of hydrogen-bond acceptors (Lipinski definition) is 3. The van der Waals surface area contributed by atoms with Gasteiger partial charge in [0.25, 0.3) is 0 Å². The van der Waals surface area contributed by atoms with Crippen molar-refractivity contribution in [3.05, 3.63) is 200 Å². The summed E-state index contributed by atoms with van der Waals surface area (Å²) in [5.41, 5.74) is 9.67. The summed E-state index contributed by atoms with van der Waals surface area (Å²) in [6.07, 6.45) is 3.70. The second-order valence-electron chi connectivity index (χ2n) is 15.9. The topological polar surface area (TPSA) is 38.7 Å². The Balaban J connectivity index is 0.992. The molecule has 3 aromatic heterocycles. The Kier molecular flexibility index (Phi) is 7.01. The Morgan fingerprint density at radius 3 is 1.50 bits per heavy atom. The van der Waals surface area contributed by atoms with Crippen molar-refractivity contribution in [2.24, 2.45) is 0 Å². The maximum Gasteiger partial charge on any atom is 0.0970 e. The van der Waals surface area contributed by atoms with E-state index in [9.17, 15) is 0 Å². The molecule has 0 aliphatic rings. The van der Waals surface area contributed by atoms with Gasteiger partial charge in [0.2, 0.25) is 0 Å². The Morgan fingerprint density at radius 1 is 0.267 bits per heavy atom. The first-order chi connectivity index (χ1) is 29.8. The van der Waals surface area contributed by atoms with E-state index < -0.39 is 0 Å². The van der Waals surface area contributed by atoms with Crippen LogP contribution in [0.2, 0.25) is 0 Å². The van der Waals surface area contributed by atoms with Crippen LogP contribution in [0.4, 0.5) is 0 Å². The lowest BCUT2D eigenvalue weighted by Crippen LogP contribution is -1.93. The third-order valence-electron chi connectivity index (χ3n) is 12.7. The quantitative estimate of drug-likeness (QED) is 0.168. The number of aromatic nitrogens is 3. The highest BCUT2D eigenvalue weighted by atomic mass is 14.7. The van der Waals surface area contributed by atoms with Crippen molar-refractivity contribution in [3.8, 4) is 33.5 Å². The summed E-state index contributed by atoms with van der Waals surface area (Å²) in [5.74, 6) is 0. The molecule has 3 heteroatoms. The number of benzene rings is 10. The van der Waals surface area contributed by atoms with Crippen molar-refractivity contribution in [2.75, 3.05) is 0 Å². The second kappa shape index (κ2) is 12.7. The SMILES string of the molecule is c1cc(-c2ccc3c4ccc(-c5cc6cccnc6c6ncccc56)cc4c4ccccc4c3c2)cc(-c2nc3c4ccccc4c4ccccc4c3c3ccccc23)c1. The molecule has 0 N–H and O–H groups in total. The summed E-state index contributed by atoms with van der Waals surface area (Å²) in [7, 11) is 0. The molecule has 0 bridgehead atoms. The van der Waals surface area contributed by atoms with E-state index in [1.807, 2.05) is 24.5 Å². The minimum absolute atomic E-state index is 0.928. The Morgan fingerprint density at radius 2 is 0.767 bits per heavy atom. The minimum atomic E-state index is 0.928. The summed E-state index contributed by atoms with van der Waals surface area (Å²) in [4.78, 5) is 15.0. The smallest absolute Gasteiger partial charge is 0.0970 e. The molecule has 0 saturated carbocycles. The zero-order valence-electron chi connectivity index (χ0n) is 32.4. The van der Waals surface area contributed by atoms with E-state index in [1.54, 1.807) is 0 Å². The fourth-order valence-corrected chi connectivity index (χ4v) is 9.98. The van der Waals surface area contributed by atoms with E-state index in [0.717, 1.165) is 55.1 Å². The highest BCUT2D eigenvalue weighted by Crippen LogP contribution is 2.43. The molecular formula is C57H33N3. The number of pyridine rings is 3. The van der Waals surface area contributed by atoms with Gasteiger partial charge in [-0.15, -0.1) is 0 Å². The highest BCUT2D eigenvalue weighted by Gasteiger charge is 2.18. The van der Waals surface area contributed by atoms with Crippen molar-refractivity contribution in [1.82, 2.24) is 15.0 Å². The largest absolute Gasteiger partial charge is 0.254 e. The lowest BCUT2D eigenvalue weighted by Gasteiger charge is -2.16. The molecular weight excluding hydrogens is 727 g/mol. The zero-order valence-corrected chi connectivity index (χ0v) is 32.4. The van der Waals surface area contributed by atoms with E-state index >= 15 is 0 Å². The average molecular weight is 760 g/mol. The van der Waals surface area contributed by atoms with Gasteiger partial charge in [0.1, 0.15) is 0 Å². The molecule has 60 heavy (non-hydrogen) atoms. The van der Waals surface area contributed by atoms with Crippen LogP contribution in [0.3, 0.4) is 0 Å². The maximum atomic E-state index is 5.57. The van der Waals surface area contributed by atoms with Gasteiger partial charge in [-0.2, -0.15) is 0 Å². The fraction of sp³-hybridized carbons (Fsp3) is 0. The Hall–Kier alpha value is -8.01. The predicted molar refractivity (Wildman–Crippen MR) is 254 cm³/mol. The third kappa shape index (κ3) is 4.81. The molecule has 0 atom stereocenters. The van der Waals surface area contributed by atoms with Crippen LogP contribution in [0, 0.1) is 0 Å². The maximum absolute atomic E-state index is 5.57. The number of hydrogen-bond donors (Lipinski definition) is 0. The molecule has 3 heterocycles. The standard InChI is InChI=1S/C57H33N3/c1-2-18-42-41(17-1)51-31-35(24-26-43(51)44-27-25-36(32-52(42)44)50-33-38-14-10-28-58-55(38)57-49(50)23-11-29-59-57)34-12-9-13-37(30-34)54-48-22-8-6-20-46(48)53-45-19-5-3-15-39(45)40-16-4-7-21-47(40)56(53)60-54/h1-33H. The lowest BCUT2D eigenvalue weighted by atomic mass is 9.89. The Bertz CT molecular complexity index is 3940. The van der Waals surface area contributed by atoms with Crippen molar-refractivity contribution >= 4 is 97.3 Å². The van der Waals surface area contributed by atoms with Crippen LogP contribution in [0.1, 0.15) is 0 Å². The number of rotatable bonds is 3. The molecule has 13 rings (SSSR count). The van der Waals surface area contributed by atoms with E-state index in [1.165, 1.54) is 75.8 Å². The fourth-order valence-electron chi connectivity index (χ4n) is 9.98. The average Bonchev–Trinajstić information content (AvgIpc) is 3.33. The first-order valence-electron chi connectivity index (χ1n) is 20.5. The highest BCUT2D eigenvalue weighted by molar-refractivity contribution is 6.31.